The zero-order chi connectivity index (χ0) is 31.1. The Bertz CT molecular complexity index is 1890. The van der Waals surface area contributed by atoms with Crippen LogP contribution in [0.15, 0.2) is 102 Å². The van der Waals surface area contributed by atoms with E-state index < -0.39 is 21.8 Å². The molecule has 228 valence electrons. The van der Waals surface area contributed by atoms with Gasteiger partial charge in [0.25, 0.3) is 10.0 Å². The van der Waals surface area contributed by atoms with Crippen molar-refractivity contribution in [3.05, 3.63) is 108 Å². The summed E-state index contributed by atoms with van der Waals surface area (Å²) in [5.41, 5.74) is -0.135. The number of piperidine rings is 1. The van der Waals surface area contributed by atoms with Crippen LogP contribution in [0, 0.1) is 5.41 Å². The minimum atomic E-state index is -4.77. The minimum Gasteiger partial charge on any atom is -0.350 e. The van der Waals surface area contributed by atoms with Crippen molar-refractivity contribution in [2.45, 2.75) is 43.9 Å². The Balaban J connectivity index is 1.41. The molecule has 0 spiro atoms. The first-order valence-corrected chi connectivity index (χ1v) is 15.8. The van der Waals surface area contributed by atoms with Crippen LogP contribution in [-0.2, 0) is 22.7 Å². The molecule has 11 heteroatoms. The summed E-state index contributed by atoms with van der Waals surface area (Å²) in [6, 6.07) is 24.2. The fourth-order valence-electron chi connectivity index (χ4n) is 5.71. The van der Waals surface area contributed by atoms with Gasteiger partial charge in [-0.2, -0.15) is 13.2 Å². The van der Waals surface area contributed by atoms with Crippen molar-refractivity contribution in [3.8, 4) is 11.3 Å². The van der Waals surface area contributed by atoms with Gasteiger partial charge in [0.1, 0.15) is 5.56 Å². The molecule has 1 unspecified atom stereocenters. The Morgan fingerprint density at radius 3 is 2.32 bits per heavy atom. The van der Waals surface area contributed by atoms with Crippen LogP contribution in [-0.4, -0.2) is 46.4 Å². The molecular weight excluding hydrogens is 587 g/mol. The van der Waals surface area contributed by atoms with E-state index >= 15 is 0 Å². The fraction of sp³-hybridized carbons (Fsp3) is 0.273. The molecule has 44 heavy (non-hydrogen) atoms. The van der Waals surface area contributed by atoms with Gasteiger partial charge in [0.05, 0.1) is 16.1 Å². The molecule has 3 aromatic carbocycles. The molecular formula is C33H32F3N5O2S. The van der Waals surface area contributed by atoms with E-state index in [2.05, 4.69) is 46.2 Å². The highest BCUT2D eigenvalue weighted by atomic mass is 32.2. The Hall–Kier alpha value is -4.22. The lowest BCUT2D eigenvalue weighted by Gasteiger charge is -2.44. The maximum absolute atomic E-state index is 14.4. The molecule has 0 saturated carbocycles. The van der Waals surface area contributed by atoms with E-state index in [1.54, 1.807) is 42.5 Å². The molecule has 0 aliphatic carbocycles. The summed E-state index contributed by atoms with van der Waals surface area (Å²) < 4.78 is 71.4. The Morgan fingerprint density at radius 1 is 0.955 bits per heavy atom. The first-order chi connectivity index (χ1) is 20.9. The second-order valence-corrected chi connectivity index (χ2v) is 13.6. The van der Waals surface area contributed by atoms with Gasteiger partial charge in [0, 0.05) is 42.5 Å². The average molecular weight is 620 g/mol. The minimum absolute atomic E-state index is 0.0213. The maximum atomic E-state index is 14.4. The van der Waals surface area contributed by atoms with Gasteiger partial charge in [-0.3, -0.25) is 4.90 Å². The second kappa shape index (κ2) is 11.4. The number of para-hydroxylation sites is 1. The number of nitrogens with one attached hydrogen (secondary N) is 1. The Kier molecular flexibility index (Phi) is 7.71. The quantitative estimate of drug-likeness (QED) is 0.210. The second-order valence-electron chi connectivity index (χ2n) is 11.8. The zero-order valence-corrected chi connectivity index (χ0v) is 25.1. The van der Waals surface area contributed by atoms with E-state index in [0.29, 0.717) is 11.9 Å². The molecule has 1 aliphatic heterocycles. The summed E-state index contributed by atoms with van der Waals surface area (Å²) in [5, 5.41) is 3.66. The number of likely N-dealkylation sites (tertiary alicyclic amines) is 1. The normalized spacial score (nSPS) is 17.5. The SMILES string of the molecule is CC1(C)CCN(Cc2ccccc2)CC1Nc1ncc(C(F)(F)F)c(-c2cn(S(=O)(=O)c3ccccc3)c3ccccc23)n1. The third kappa shape index (κ3) is 5.81. The van der Waals surface area contributed by atoms with E-state index in [1.165, 1.54) is 23.9 Å². The van der Waals surface area contributed by atoms with E-state index in [-0.39, 0.29) is 39.1 Å². The summed E-state index contributed by atoms with van der Waals surface area (Å²) in [6.45, 7) is 6.53. The van der Waals surface area contributed by atoms with Gasteiger partial charge in [-0.25, -0.2) is 22.4 Å². The molecule has 0 bridgehead atoms. The van der Waals surface area contributed by atoms with Gasteiger partial charge in [0.2, 0.25) is 5.95 Å². The van der Waals surface area contributed by atoms with Crippen LogP contribution in [0.4, 0.5) is 19.1 Å². The Labute approximate surface area is 254 Å². The van der Waals surface area contributed by atoms with Crippen molar-refractivity contribution in [1.82, 2.24) is 18.8 Å². The zero-order valence-electron chi connectivity index (χ0n) is 24.3. The lowest BCUT2D eigenvalue weighted by molar-refractivity contribution is -0.137. The van der Waals surface area contributed by atoms with E-state index in [4.69, 9.17) is 0 Å². The molecule has 1 N–H and O–H groups in total. The predicted molar refractivity (Wildman–Crippen MR) is 165 cm³/mol. The number of anilines is 1. The third-order valence-corrected chi connectivity index (χ3v) is 10.0. The molecule has 1 atom stereocenters. The summed E-state index contributed by atoms with van der Waals surface area (Å²) >= 11 is 0. The van der Waals surface area contributed by atoms with Crippen LogP contribution >= 0.6 is 0 Å². The summed E-state index contributed by atoms with van der Waals surface area (Å²) in [5.74, 6) is 0.0513. The van der Waals surface area contributed by atoms with Crippen molar-refractivity contribution in [3.63, 3.8) is 0 Å². The van der Waals surface area contributed by atoms with Gasteiger partial charge >= 0.3 is 6.18 Å². The number of hydrogen-bond donors (Lipinski definition) is 1. The largest absolute Gasteiger partial charge is 0.419 e. The van der Waals surface area contributed by atoms with Gasteiger partial charge in [-0.05, 0) is 42.1 Å². The summed E-state index contributed by atoms with van der Waals surface area (Å²) in [7, 11) is -4.11. The van der Waals surface area contributed by atoms with Crippen LogP contribution < -0.4 is 5.32 Å². The van der Waals surface area contributed by atoms with Crippen molar-refractivity contribution in [2.24, 2.45) is 5.41 Å². The molecule has 3 heterocycles. The van der Waals surface area contributed by atoms with Crippen molar-refractivity contribution < 1.29 is 21.6 Å². The molecule has 1 fully saturated rings. The highest BCUT2D eigenvalue weighted by Crippen LogP contribution is 2.41. The fourth-order valence-corrected chi connectivity index (χ4v) is 7.10. The van der Waals surface area contributed by atoms with Crippen LogP contribution in [0.25, 0.3) is 22.2 Å². The van der Waals surface area contributed by atoms with Crippen LogP contribution in [0.3, 0.4) is 0 Å². The van der Waals surface area contributed by atoms with Gasteiger partial charge in [0.15, 0.2) is 0 Å². The molecule has 0 amide bonds. The molecule has 7 nitrogen and oxygen atoms in total. The van der Waals surface area contributed by atoms with Crippen molar-refractivity contribution in [2.75, 3.05) is 18.4 Å². The van der Waals surface area contributed by atoms with Crippen LogP contribution in [0.5, 0.6) is 0 Å². The van der Waals surface area contributed by atoms with Crippen LogP contribution in [0.1, 0.15) is 31.4 Å². The third-order valence-electron chi connectivity index (χ3n) is 8.34. The molecule has 5 aromatic rings. The average Bonchev–Trinajstić information content (AvgIpc) is 3.40. The first-order valence-electron chi connectivity index (χ1n) is 14.3. The van der Waals surface area contributed by atoms with Gasteiger partial charge in [-0.15, -0.1) is 0 Å². The van der Waals surface area contributed by atoms with Gasteiger partial charge in [-0.1, -0.05) is 80.6 Å². The molecule has 6 rings (SSSR count). The number of halogens is 3. The van der Waals surface area contributed by atoms with Crippen molar-refractivity contribution in [1.29, 1.82) is 0 Å². The van der Waals surface area contributed by atoms with Crippen molar-refractivity contribution >= 4 is 26.9 Å². The number of fused-ring (bicyclic) bond motifs is 1. The van der Waals surface area contributed by atoms with E-state index in [9.17, 15) is 21.6 Å². The molecule has 2 aromatic heterocycles. The highest BCUT2D eigenvalue weighted by molar-refractivity contribution is 7.90. The van der Waals surface area contributed by atoms with E-state index in [1.807, 2.05) is 18.2 Å². The maximum Gasteiger partial charge on any atom is 0.419 e. The van der Waals surface area contributed by atoms with Crippen LogP contribution in [0.2, 0.25) is 0 Å². The number of nitrogens with zero attached hydrogens (tertiary/aromatic N) is 4. The lowest BCUT2D eigenvalue weighted by atomic mass is 9.78. The Morgan fingerprint density at radius 2 is 1.61 bits per heavy atom. The topological polar surface area (TPSA) is 80.1 Å². The molecule has 1 aliphatic rings. The number of hydrogen-bond acceptors (Lipinski definition) is 6. The number of aromatic nitrogens is 3. The smallest absolute Gasteiger partial charge is 0.350 e. The highest BCUT2D eigenvalue weighted by Gasteiger charge is 2.39. The first kappa shape index (κ1) is 29.8. The molecule has 1 saturated heterocycles. The number of benzene rings is 3. The molecule has 0 radical (unpaired) electrons. The number of rotatable bonds is 7. The summed E-state index contributed by atoms with van der Waals surface area (Å²) in [6.07, 6.45) is -1.90. The standard InChI is InChI=1S/C33H32F3N5O2S/c1-32(2)17-18-40(20-23-11-5-3-6-12-23)22-29(32)38-31-37-19-27(33(34,35)36)30(39-31)26-21-41(28-16-10-9-15-25(26)28)44(42,43)24-13-7-4-8-14-24/h3-16,19,21,29H,17-18,20,22H2,1-2H3,(H,37,38,39). The monoisotopic (exact) mass is 619 g/mol. The predicted octanol–water partition coefficient (Wildman–Crippen LogP) is 7.07. The van der Waals surface area contributed by atoms with Gasteiger partial charge < -0.3 is 5.32 Å². The number of alkyl halides is 3. The summed E-state index contributed by atoms with van der Waals surface area (Å²) in [4.78, 5) is 10.9. The van der Waals surface area contributed by atoms with E-state index in [0.717, 1.165) is 29.7 Å². The lowest BCUT2D eigenvalue weighted by Crippen LogP contribution is -2.51.